The normalized spacial score (nSPS) is 21.3. The molecule has 1 saturated carbocycles. The minimum absolute atomic E-state index is 0. The maximum absolute atomic E-state index is 13.8. The van der Waals surface area contributed by atoms with Gasteiger partial charge in [-0.25, -0.2) is 0 Å². The molecule has 2 amide bonds. The van der Waals surface area contributed by atoms with Crippen LogP contribution in [0.15, 0.2) is 48.5 Å². The van der Waals surface area contributed by atoms with Crippen molar-refractivity contribution in [2.75, 3.05) is 26.7 Å². The Labute approximate surface area is 251 Å². The number of methoxy groups -OCH3 is 1. The molecule has 0 radical (unpaired) electrons. The molecule has 3 fully saturated rings. The molecular formula is C33H46ClN3O4. The van der Waals surface area contributed by atoms with Gasteiger partial charge in [0, 0.05) is 32.2 Å². The Bertz CT molecular complexity index is 1140. The van der Waals surface area contributed by atoms with Crippen molar-refractivity contribution in [3.05, 3.63) is 54.1 Å². The molecule has 224 valence electrons. The summed E-state index contributed by atoms with van der Waals surface area (Å²) in [6, 6.07) is 15.4. The number of halogens is 1. The molecule has 5 rings (SSSR count). The molecule has 0 bridgehead atoms. The molecule has 2 aliphatic heterocycles. The number of amides is 2. The Morgan fingerprint density at radius 1 is 0.951 bits per heavy atom. The van der Waals surface area contributed by atoms with Crippen LogP contribution < -0.4 is 14.8 Å². The summed E-state index contributed by atoms with van der Waals surface area (Å²) in [6.45, 7) is 5.22. The number of likely N-dealkylation sites (tertiary alicyclic amines) is 1. The fraction of sp³-hybridized carbons (Fsp3) is 0.576. The van der Waals surface area contributed by atoms with Crippen LogP contribution in [0.5, 0.6) is 17.2 Å². The first kappa shape index (κ1) is 31.2. The number of piperazine rings is 1. The van der Waals surface area contributed by atoms with Crippen molar-refractivity contribution in [2.45, 2.75) is 89.3 Å². The number of nitrogens with one attached hydrogen (secondary N) is 1. The summed E-state index contributed by atoms with van der Waals surface area (Å²) in [4.78, 5) is 31.9. The van der Waals surface area contributed by atoms with Gasteiger partial charge in [0.25, 0.3) is 0 Å². The predicted octanol–water partition coefficient (Wildman–Crippen LogP) is 6.34. The third-order valence-electron chi connectivity index (χ3n) is 9.13. The Morgan fingerprint density at radius 3 is 2.34 bits per heavy atom. The molecule has 0 aromatic heterocycles. The monoisotopic (exact) mass is 583 g/mol. The van der Waals surface area contributed by atoms with Crippen LogP contribution in [0.1, 0.15) is 76.7 Å². The third-order valence-corrected chi connectivity index (χ3v) is 9.13. The van der Waals surface area contributed by atoms with E-state index < -0.39 is 5.54 Å². The lowest BCUT2D eigenvalue weighted by atomic mass is 9.79. The van der Waals surface area contributed by atoms with E-state index >= 15 is 0 Å². The highest BCUT2D eigenvalue weighted by Crippen LogP contribution is 2.36. The molecule has 0 unspecified atom stereocenters. The molecule has 3 aliphatic rings. The van der Waals surface area contributed by atoms with E-state index in [1.807, 2.05) is 41.3 Å². The molecule has 2 aromatic carbocycles. The topological polar surface area (TPSA) is 71.1 Å². The van der Waals surface area contributed by atoms with Crippen LogP contribution in [-0.4, -0.2) is 59.9 Å². The highest BCUT2D eigenvalue weighted by Gasteiger charge is 2.53. The standard InChI is InChI=1S/C33H45N3O4.ClH/c1-3-4-19-36-31(37)30(22-25-9-6-5-7-10-25)34-32(38)33(36)17-20-35(21-18-33)24-26-13-15-27(16-14-26)40-29-12-8-11-28(23-29)39-2;/h8,11-16,23,25,30H,3-7,9-10,17-22,24H2,1-2H3,(H,34,38);1H/t30-;/m0./s1. The van der Waals surface area contributed by atoms with Crippen LogP contribution in [-0.2, 0) is 16.1 Å². The summed E-state index contributed by atoms with van der Waals surface area (Å²) < 4.78 is 11.3. The van der Waals surface area contributed by atoms with Gasteiger partial charge in [0.05, 0.1) is 7.11 Å². The second-order valence-corrected chi connectivity index (χ2v) is 11.8. The Morgan fingerprint density at radius 2 is 1.66 bits per heavy atom. The minimum Gasteiger partial charge on any atom is -0.497 e. The predicted molar refractivity (Wildman–Crippen MR) is 164 cm³/mol. The molecule has 1 N–H and O–H groups in total. The van der Waals surface area contributed by atoms with Crippen molar-refractivity contribution in [3.8, 4) is 17.2 Å². The second kappa shape index (κ2) is 14.4. The summed E-state index contributed by atoms with van der Waals surface area (Å²) in [6.07, 6.45) is 10.3. The van der Waals surface area contributed by atoms with Gasteiger partial charge in [-0.1, -0.05) is 63.6 Å². The Balaban J connectivity index is 0.00000387. The van der Waals surface area contributed by atoms with Crippen LogP contribution in [0.25, 0.3) is 0 Å². The van der Waals surface area contributed by atoms with Crippen molar-refractivity contribution in [1.82, 2.24) is 15.1 Å². The number of rotatable bonds is 10. The number of nitrogens with zero attached hydrogens (tertiary/aromatic N) is 2. The molecule has 2 heterocycles. The fourth-order valence-corrected chi connectivity index (χ4v) is 6.73. The van der Waals surface area contributed by atoms with Crippen molar-refractivity contribution in [1.29, 1.82) is 0 Å². The van der Waals surface area contributed by atoms with Crippen LogP contribution in [0.2, 0.25) is 0 Å². The number of unbranched alkanes of at least 4 members (excludes halogenated alkanes) is 1. The number of hydrogen-bond donors (Lipinski definition) is 1. The zero-order valence-corrected chi connectivity index (χ0v) is 25.4. The lowest BCUT2D eigenvalue weighted by Crippen LogP contribution is -2.73. The quantitative estimate of drug-likeness (QED) is 0.353. The SMILES string of the molecule is CCCCN1C(=O)[C@H](CC2CCCCC2)NC(=O)C12CCN(Cc1ccc(Oc3cccc(OC)c3)cc1)CC2.Cl. The van der Waals surface area contributed by atoms with E-state index in [1.54, 1.807) is 7.11 Å². The first-order chi connectivity index (χ1) is 19.5. The summed E-state index contributed by atoms with van der Waals surface area (Å²) in [5.74, 6) is 3.06. The number of ether oxygens (including phenoxy) is 2. The Hall–Kier alpha value is -2.77. The molecule has 1 spiro atoms. The van der Waals surface area contributed by atoms with Gasteiger partial charge in [-0.2, -0.15) is 0 Å². The smallest absolute Gasteiger partial charge is 0.246 e. The fourth-order valence-electron chi connectivity index (χ4n) is 6.73. The number of hydrogen-bond acceptors (Lipinski definition) is 5. The first-order valence-corrected chi connectivity index (χ1v) is 15.3. The van der Waals surface area contributed by atoms with Crippen LogP contribution in [0.4, 0.5) is 0 Å². The summed E-state index contributed by atoms with van der Waals surface area (Å²) in [7, 11) is 1.65. The van der Waals surface area contributed by atoms with E-state index in [0.717, 1.165) is 56.1 Å². The van der Waals surface area contributed by atoms with E-state index in [2.05, 4.69) is 29.3 Å². The molecule has 2 saturated heterocycles. The van der Waals surface area contributed by atoms with E-state index in [9.17, 15) is 9.59 Å². The summed E-state index contributed by atoms with van der Waals surface area (Å²) in [5.41, 5.74) is 0.494. The van der Waals surface area contributed by atoms with Gasteiger partial charge in [-0.3, -0.25) is 14.5 Å². The molecule has 8 heteroatoms. The van der Waals surface area contributed by atoms with Crippen molar-refractivity contribution in [3.63, 3.8) is 0 Å². The van der Waals surface area contributed by atoms with E-state index in [-0.39, 0.29) is 30.3 Å². The molecule has 41 heavy (non-hydrogen) atoms. The zero-order valence-electron chi connectivity index (χ0n) is 24.6. The summed E-state index contributed by atoms with van der Waals surface area (Å²) in [5, 5.41) is 3.21. The molecule has 7 nitrogen and oxygen atoms in total. The van der Waals surface area contributed by atoms with Gasteiger partial charge in [0.2, 0.25) is 11.8 Å². The molecule has 1 atom stereocenters. The van der Waals surface area contributed by atoms with E-state index in [1.165, 1.54) is 37.7 Å². The maximum Gasteiger partial charge on any atom is 0.246 e. The van der Waals surface area contributed by atoms with Crippen LogP contribution >= 0.6 is 12.4 Å². The average Bonchev–Trinajstić information content (AvgIpc) is 2.98. The van der Waals surface area contributed by atoms with Gasteiger partial charge in [-0.05, 0) is 61.4 Å². The van der Waals surface area contributed by atoms with Crippen LogP contribution in [0, 0.1) is 5.92 Å². The third kappa shape index (κ3) is 7.36. The highest BCUT2D eigenvalue weighted by molar-refractivity contribution is 6.00. The highest BCUT2D eigenvalue weighted by atomic mass is 35.5. The summed E-state index contributed by atoms with van der Waals surface area (Å²) >= 11 is 0. The van der Waals surface area contributed by atoms with Gasteiger partial charge in [0.15, 0.2) is 0 Å². The number of carbonyl (C=O) groups excluding carboxylic acids is 2. The van der Waals surface area contributed by atoms with E-state index in [4.69, 9.17) is 9.47 Å². The van der Waals surface area contributed by atoms with Crippen molar-refractivity contribution >= 4 is 24.2 Å². The van der Waals surface area contributed by atoms with Gasteiger partial charge >= 0.3 is 0 Å². The largest absolute Gasteiger partial charge is 0.497 e. The lowest BCUT2D eigenvalue weighted by molar-refractivity contribution is -0.162. The number of benzene rings is 2. The Kier molecular flexibility index (Phi) is 11.0. The van der Waals surface area contributed by atoms with Crippen LogP contribution in [0.3, 0.4) is 0 Å². The van der Waals surface area contributed by atoms with Gasteiger partial charge in [0.1, 0.15) is 28.8 Å². The second-order valence-electron chi connectivity index (χ2n) is 11.8. The van der Waals surface area contributed by atoms with Gasteiger partial charge < -0.3 is 19.7 Å². The van der Waals surface area contributed by atoms with Crippen molar-refractivity contribution in [2.24, 2.45) is 5.92 Å². The molecular weight excluding hydrogens is 538 g/mol. The number of carbonyl (C=O) groups is 2. The minimum atomic E-state index is -0.708. The zero-order chi connectivity index (χ0) is 28.0. The first-order valence-electron chi connectivity index (χ1n) is 15.3. The van der Waals surface area contributed by atoms with Crippen molar-refractivity contribution < 1.29 is 19.1 Å². The van der Waals surface area contributed by atoms with Gasteiger partial charge in [-0.15, -0.1) is 12.4 Å². The van der Waals surface area contributed by atoms with E-state index in [0.29, 0.717) is 25.3 Å². The average molecular weight is 584 g/mol. The molecule has 2 aromatic rings. The maximum atomic E-state index is 13.8. The number of piperidine rings is 1. The lowest BCUT2D eigenvalue weighted by Gasteiger charge is -2.52. The molecule has 1 aliphatic carbocycles.